The molecule has 9 heteroatoms. The number of hydrogen-bond donors (Lipinski definition) is 0. The summed E-state index contributed by atoms with van der Waals surface area (Å²) in [6.07, 6.45) is 0.628. The van der Waals surface area contributed by atoms with Crippen LogP contribution in [0.3, 0.4) is 0 Å². The smallest absolute Gasteiger partial charge is 0.311 e. The van der Waals surface area contributed by atoms with Gasteiger partial charge in [0.05, 0.1) is 26.2 Å². The van der Waals surface area contributed by atoms with Gasteiger partial charge in [-0.2, -0.15) is 0 Å². The van der Waals surface area contributed by atoms with Crippen LogP contribution in [-0.2, 0) is 34.5 Å². The summed E-state index contributed by atoms with van der Waals surface area (Å²) in [4.78, 5) is 12.1. The molecule has 0 N–H and O–H groups in total. The van der Waals surface area contributed by atoms with Gasteiger partial charge in [-0.1, -0.05) is 0 Å². The molecule has 0 spiro atoms. The lowest BCUT2D eigenvalue weighted by molar-refractivity contribution is -0.143. The SMILES string of the molecule is COCCOCCCOC(=O)Cc1ccc(S(=O)(=O)Cl)s1. The Morgan fingerprint density at radius 3 is 2.62 bits per heavy atom. The molecule has 0 aliphatic carbocycles. The number of hydrogen-bond acceptors (Lipinski definition) is 7. The van der Waals surface area contributed by atoms with Gasteiger partial charge in [-0.15, -0.1) is 11.3 Å². The van der Waals surface area contributed by atoms with Crippen LogP contribution in [-0.4, -0.2) is 47.9 Å². The Balaban J connectivity index is 2.21. The summed E-state index contributed by atoms with van der Waals surface area (Å²) in [5, 5.41) is 0. The van der Waals surface area contributed by atoms with E-state index in [0.717, 1.165) is 11.3 Å². The van der Waals surface area contributed by atoms with Crippen LogP contribution in [0.15, 0.2) is 16.3 Å². The van der Waals surface area contributed by atoms with Gasteiger partial charge >= 0.3 is 5.97 Å². The molecule has 0 aromatic carbocycles. The normalized spacial score (nSPS) is 11.5. The van der Waals surface area contributed by atoms with Gasteiger partial charge in [0.15, 0.2) is 0 Å². The fourth-order valence-electron chi connectivity index (χ4n) is 1.37. The Kier molecular flexibility index (Phi) is 8.20. The fourth-order valence-corrected chi connectivity index (χ4v) is 3.48. The summed E-state index contributed by atoms with van der Waals surface area (Å²) in [6, 6.07) is 2.92. The van der Waals surface area contributed by atoms with Crippen molar-refractivity contribution in [1.29, 1.82) is 0 Å². The average molecular weight is 357 g/mol. The van der Waals surface area contributed by atoms with E-state index in [1.54, 1.807) is 13.2 Å². The zero-order valence-electron chi connectivity index (χ0n) is 11.5. The first-order chi connectivity index (χ1) is 9.93. The summed E-state index contributed by atoms with van der Waals surface area (Å²) in [6.45, 7) is 1.79. The van der Waals surface area contributed by atoms with Gasteiger partial charge in [-0.25, -0.2) is 8.42 Å². The Morgan fingerprint density at radius 1 is 1.24 bits per heavy atom. The number of rotatable bonds is 10. The minimum absolute atomic E-state index is 0.0264. The van der Waals surface area contributed by atoms with Crippen molar-refractivity contribution >= 4 is 37.0 Å². The molecule has 21 heavy (non-hydrogen) atoms. The highest BCUT2D eigenvalue weighted by atomic mass is 35.7. The van der Waals surface area contributed by atoms with Crippen molar-refractivity contribution in [3.05, 3.63) is 17.0 Å². The van der Waals surface area contributed by atoms with E-state index in [1.165, 1.54) is 6.07 Å². The lowest BCUT2D eigenvalue weighted by Gasteiger charge is -2.05. The van der Waals surface area contributed by atoms with Gasteiger partial charge in [0.1, 0.15) is 4.21 Å². The van der Waals surface area contributed by atoms with Crippen molar-refractivity contribution in [1.82, 2.24) is 0 Å². The van der Waals surface area contributed by atoms with E-state index in [9.17, 15) is 13.2 Å². The van der Waals surface area contributed by atoms with Gasteiger partial charge in [0, 0.05) is 35.7 Å². The molecule has 0 aliphatic heterocycles. The molecular weight excluding hydrogens is 340 g/mol. The van der Waals surface area contributed by atoms with Gasteiger partial charge < -0.3 is 14.2 Å². The van der Waals surface area contributed by atoms with Crippen LogP contribution in [0.5, 0.6) is 0 Å². The third-order valence-electron chi connectivity index (χ3n) is 2.32. The first-order valence-corrected chi connectivity index (χ1v) is 9.31. The van der Waals surface area contributed by atoms with Crippen molar-refractivity contribution in [3.8, 4) is 0 Å². The molecule has 0 aliphatic rings. The third kappa shape index (κ3) is 7.77. The molecule has 0 radical (unpaired) electrons. The highest BCUT2D eigenvalue weighted by Gasteiger charge is 2.15. The largest absolute Gasteiger partial charge is 0.465 e. The summed E-state index contributed by atoms with van der Waals surface area (Å²) in [5.74, 6) is -0.410. The Hall–Kier alpha value is -0.670. The maximum atomic E-state index is 11.5. The van der Waals surface area contributed by atoms with Crippen LogP contribution in [0.2, 0.25) is 0 Å². The first-order valence-electron chi connectivity index (χ1n) is 6.19. The quantitative estimate of drug-likeness (QED) is 0.361. The Morgan fingerprint density at radius 2 is 2.00 bits per heavy atom. The van der Waals surface area contributed by atoms with Crippen LogP contribution in [0.25, 0.3) is 0 Å². The van der Waals surface area contributed by atoms with E-state index in [2.05, 4.69) is 0 Å². The molecule has 0 saturated carbocycles. The van der Waals surface area contributed by atoms with E-state index in [4.69, 9.17) is 24.9 Å². The second-order valence-electron chi connectivity index (χ2n) is 4.01. The number of carbonyl (C=O) groups is 1. The number of ether oxygens (including phenoxy) is 3. The number of halogens is 1. The lowest BCUT2D eigenvalue weighted by atomic mass is 10.3. The number of esters is 1. The second kappa shape index (κ2) is 9.37. The summed E-state index contributed by atoms with van der Waals surface area (Å²) in [5.41, 5.74) is 0. The van der Waals surface area contributed by atoms with Gasteiger partial charge in [-0.3, -0.25) is 4.79 Å². The molecule has 1 aromatic rings. The summed E-state index contributed by atoms with van der Waals surface area (Å²) >= 11 is 0.962. The maximum Gasteiger partial charge on any atom is 0.311 e. The van der Waals surface area contributed by atoms with Crippen molar-refractivity contribution in [2.24, 2.45) is 0 Å². The predicted molar refractivity (Wildman–Crippen MR) is 79.3 cm³/mol. The van der Waals surface area contributed by atoms with Crippen LogP contribution >= 0.6 is 22.0 Å². The molecule has 1 rings (SSSR count). The predicted octanol–water partition coefficient (Wildman–Crippen LogP) is 1.81. The third-order valence-corrected chi connectivity index (χ3v) is 5.50. The average Bonchev–Trinajstić information content (AvgIpc) is 2.86. The number of thiophene rings is 1. The molecule has 1 aromatic heterocycles. The van der Waals surface area contributed by atoms with E-state index in [-0.39, 0.29) is 17.2 Å². The minimum atomic E-state index is -3.74. The molecule has 0 atom stereocenters. The van der Waals surface area contributed by atoms with Crippen LogP contribution in [0.1, 0.15) is 11.3 Å². The van der Waals surface area contributed by atoms with Crippen molar-refractivity contribution in [3.63, 3.8) is 0 Å². The number of carbonyl (C=O) groups excluding carboxylic acids is 1. The molecule has 0 unspecified atom stereocenters. The van der Waals surface area contributed by atoms with E-state index >= 15 is 0 Å². The van der Waals surface area contributed by atoms with Gasteiger partial charge in [0.2, 0.25) is 0 Å². The van der Waals surface area contributed by atoms with Crippen LogP contribution in [0, 0.1) is 0 Å². The van der Waals surface area contributed by atoms with E-state index < -0.39 is 15.0 Å². The zero-order chi connectivity index (χ0) is 15.7. The van der Waals surface area contributed by atoms with Gasteiger partial charge in [0.25, 0.3) is 9.05 Å². The summed E-state index contributed by atoms with van der Waals surface area (Å²) < 4.78 is 37.3. The Labute approximate surface area is 132 Å². The van der Waals surface area contributed by atoms with E-state index in [1.807, 2.05) is 0 Å². The van der Waals surface area contributed by atoms with E-state index in [0.29, 0.717) is 31.1 Å². The second-order valence-corrected chi connectivity index (χ2v) is 7.98. The van der Waals surface area contributed by atoms with Crippen LogP contribution in [0.4, 0.5) is 0 Å². The molecule has 120 valence electrons. The molecule has 0 saturated heterocycles. The first kappa shape index (κ1) is 18.4. The fraction of sp³-hybridized carbons (Fsp3) is 0.583. The number of methoxy groups -OCH3 is 1. The van der Waals surface area contributed by atoms with Crippen molar-refractivity contribution in [2.75, 3.05) is 33.5 Å². The molecule has 0 fully saturated rings. The maximum absolute atomic E-state index is 11.5. The standard InChI is InChI=1S/C12H17ClO6S2/c1-17-7-8-18-5-2-6-19-11(14)9-10-3-4-12(20-10)21(13,15)16/h3-4H,2,5-9H2,1H3. The lowest BCUT2D eigenvalue weighted by Crippen LogP contribution is -2.10. The van der Waals surface area contributed by atoms with Gasteiger partial charge in [-0.05, 0) is 12.1 Å². The molecule has 1 heterocycles. The minimum Gasteiger partial charge on any atom is -0.465 e. The molecule has 6 nitrogen and oxygen atoms in total. The van der Waals surface area contributed by atoms with Crippen LogP contribution < -0.4 is 0 Å². The molecule has 0 bridgehead atoms. The van der Waals surface area contributed by atoms with Crippen molar-refractivity contribution in [2.45, 2.75) is 17.1 Å². The monoisotopic (exact) mass is 356 g/mol. The summed E-state index contributed by atoms with van der Waals surface area (Å²) in [7, 11) is 3.06. The topological polar surface area (TPSA) is 78.9 Å². The molecular formula is C12H17ClO6S2. The molecule has 0 amide bonds. The zero-order valence-corrected chi connectivity index (χ0v) is 13.9. The highest BCUT2D eigenvalue weighted by molar-refractivity contribution is 8.15. The van der Waals surface area contributed by atoms with Crippen molar-refractivity contribution < 1.29 is 27.4 Å². The Bertz CT molecular complexity index is 540. The highest BCUT2D eigenvalue weighted by Crippen LogP contribution is 2.25.